The van der Waals surface area contributed by atoms with Gasteiger partial charge in [-0.15, -0.1) is 0 Å². The van der Waals surface area contributed by atoms with E-state index in [9.17, 15) is 18.0 Å². The van der Waals surface area contributed by atoms with Crippen LogP contribution in [-0.2, 0) is 5.67 Å². The van der Waals surface area contributed by atoms with Gasteiger partial charge in [0.05, 0.1) is 26.2 Å². The minimum Gasteiger partial charge on any atom is -0.317 e. The molecule has 3 nitrogen and oxygen atoms in total. The maximum Gasteiger partial charge on any atom is 0.320 e. The van der Waals surface area contributed by atoms with Crippen molar-refractivity contribution in [3.8, 4) is 0 Å². The van der Waals surface area contributed by atoms with Gasteiger partial charge in [0.2, 0.25) is 0 Å². The van der Waals surface area contributed by atoms with Crippen LogP contribution in [-0.4, -0.2) is 47.9 Å². The van der Waals surface area contributed by atoms with E-state index < -0.39 is 30.7 Å². The second kappa shape index (κ2) is 3.88. The highest BCUT2D eigenvalue weighted by Crippen LogP contribution is 2.38. The molecule has 0 unspecified atom stereocenters. The summed E-state index contributed by atoms with van der Waals surface area (Å²) >= 11 is 0. The number of likely N-dealkylation sites (tertiary alicyclic amines) is 2. The average Bonchev–Trinajstić information content (AvgIpc) is 2.32. The molecule has 2 fully saturated rings. The number of benzene rings is 1. The van der Waals surface area contributed by atoms with Crippen molar-refractivity contribution in [1.82, 2.24) is 9.80 Å². The first-order chi connectivity index (χ1) is 8.90. The van der Waals surface area contributed by atoms with Crippen molar-refractivity contribution in [3.63, 3.8) is 0 Å². The zero-order chi connectivity index (χ0) is 13.7. The van der Waals surface area contributed by atoms with Crippen molar-refractivity contribution in [2.24, 2.45) is 0 Å². The number of rotatable bonds is 1. The third kappa shape index (κ3) is 2.05. The zero-order valence-electron chi connectivity index (χ0n) is 10.2. The monoisotopic (exact) mass is 270 g/mol. The SMILES string of the molecule is O=C(N1CC(F)(F)C1)N1CC(F)(c2ccccc2)C1. The van der Waals surface area contributed by atoms with E-state index in [0.29, 0.717) is 5.56 Å². The van der Waals surface area contributed by atoms with Crippen LogP contribution in [0.25, 0.3) is 0 Å². The van der Waals surface area contributed by atoms with Crippen LogP contribution < -0.4 is 0 Å². The molecule has 19 heavy (non-hydrogen) atoms. The molecule has 2 aliphatic rings. The van der Waals surface area contributed by atoms with Crippen molar-refractivity contribution < 1.29 is 18.0 Å². The Bertz CT molecular complexity index is 492. The van der Waals surface area contributed by atoms with Crippen molar-refractivity contribution in [3.05, 3.63) is 35.9 Å². The number of amides is 2. The van der Waals surface area contributed by atoms with Crippen LogP contribution >= 0.6 is 0 Å². The summed E-state index contributed by atoms with van der Waals surface area (Å²) in [5.41, 5.74) is -1.03. The molecule has 0 aliphatic carbocycles. The topological polar surface area (TPSA) is 23.6 Å². The van der Waals surface area contributed by atoms with Gasteiger partial charge in [-0.2, -0.15) is 0 Å². The molecular weight excluding hydrogens is 257 g/mol. The van der Waals surface area contributed by atoms with Crippen LogP contribution in [0, 0.1) is 0 Å². The van der Waals surface area contributed by atoms with E-state index in [0.717, 1.165) is 4.90 Å². The zero-order valence-corrected chi connectivity index (χ0v) is 10.2. The predicted molar refractivity (Wildman–Crippen MR) is 62.7 cm³/mol. The van der Waals surface area contributed by atoms with E-state index in [4.69, 9.17) is 0 Å². The van der Waals surface area contributed by atoms with E-state index in [1.807, 2.05) is 0 Å². The quantitative estimate of drug-likeness (QED) is 0.767. The van der Waals surface area contributed by atoms with Gasteiger partial charge in [0.15, 0.2) is 5.67 Å². The number of carbonyl (C=O) groups is 1. The standard InChI is InChI=1S/C13H13F3N2O/c14-12(10-4-2-1-3-5-10)6-17(7-12)11(19)18-8-13(15,16)9-18/h1-5H,6-9H2. The normalized spacial score (nSPS) is 23.5. The molecule has 2 amide bonds. The number of nitrogens with zero attached hydrogens (tertiary/aromatic N) is 2. The summed E-state index contributed by atoms with van der Waals surface area (Å²) in [6.07, 6.45) is 0. The van der Waals surface area contributed by atoms with Crippen LogP contribution in [0.3, 0.4) is 0 Å². The molecule has 1 aromatic carbocycles. The molecule has 0 saturated carbocycles. The third-order valence-corrected chi connectivity index (χ3v) is 3.56. The van der Waals surface area contributed by atoms with Gasteiger partial charge in [0.25, 0.3) is 5.92 Å². The first-order valence-electron chi connectivity index (χ1n) is 6.06. The fraction of sp³-hybridized carbons (Fsp3) is 0.462. The predicted octanol–water partition coefficient (Wildman–Crippen LogP) is 2.24. The first kappa shape index (κ1) is 12.3. The molecule has 102 valence electrons. The summed E-state index contributed by atoms with van der Waals surface area (Å²) in [6, 6.07) is 8.08. The van der Waals surface area contributed by atoms with Gasteiger partial charge in [0.1, 0.15) is 0 Å². The number of hydrogen-bond donors (Lipinski definition) is 0. The van der Waals surface area contributed by atoms with Crippen molar-refractivity contribution in [2.75, 3.05) is 26.2 Å². The molecule has 6 heteroatoms. The second-order valence-electron chi connectivity index (χ2n) is 5.18. The molecule has 0 aromatic heterocycles. The van der Waals surface area contributed by atoms with E-state index in [-0.39, 0.29) is 13.1 Å². The van der Waals surface area contributed by atoms with Crippen LogP contribution in [0.4, 0.5) is 18.0 Å². The van der Waals surface area contributed by atoms with Crippen molar-refractivity contribution in [1.29, 1.82) is 0 Å². The van der Waals surface area contributed by atoms with Gasteiger partial charge in [-0.3, -0.25) is 0 Å². The Morgan fingerprint density at radius 3 is 2.00 bits per heavy atom. The Morgan fingerprint density at radius 1 is 0.947 bits per heavy atom. The maximum absolute atomic E-state index is 14.4. The maximum atomic E-state index is 14.4. The molecule has 2 heterocycles. The molecular formula is C13H13F3N2O. The van der Waals surface area contributed by atoms with Gasteiger partial charge in [-0.05, 0) is 5.56 Å². The van der Waals surface area contributed by atoms with E-state index in [2.05, 4.69) is 0 Å². The van der Waals surface area contributed by atoms with Crippen LogP contribution in [0.2, 0.25) is 0 Å². The van der Waals surface area contributed by atoms with Gasteiger partial charge < -0.3 is 9.80 Å². The van der Waals surface area contributed by atoms with E-state index in [1.54, 1.807) is 30.3 Å². The molecule has 1 aromatic rings. The Labute approximate surface area is 108 Å². The smallest absolute Gasteiger partial charge is 0.317 e. The fourth-order valence-corrected chi connectivity index (χ4v) is 2.46. The first-order valence-corrected chi connectivity index (χ1v) is 6.06. The van der Waals surface area contributed by atoms with Gasteiger partial charge in [-0.1, -0.05) is 30.3 Å². The molecule has 0 bridgehead atoms. The van der Waals surface area contributed by atoms with Gasteiger partial charge in [0, 0.05) is 0 Å². The highest BCUT2D eigenvalue weighted by molar-refractivity contribution is 5.77. The third-order valence-electron chi connectivity index (χ3n) is 3.56. The summed E-state index contributed by atoms with van der Waals surface area (Å²) in [5.74, 6) is -2.78. The van der Waals surface area contributed by atoms with Crippen LogP contribution in [0.5, 0.6) is 0 Å². The Hall–Kier alpha value is -1.72. The minimum atomic E-state index is -2.78. The second-order valence-corrected chi connectivity index (χ2v) is 5.18. The number of carbonyl (C=O) groups excluding carboxylic acids is 1. The average molecular weight is 270 g/mol. The lowest BCUT2D eigenvalue weighted by atomic mass is 9.88. The van der Waals surface area contributed by atoms with Crippen molar-refractivity contribution in [2.45, 2.75) is 11.6 Å². The van der Waals surface area contributed by atoms with Crippen molar-refractivity contribution >= 4 is 6.03 Å². The van der Waals surface area contributed by atoms with Crippen LogP contribution in [0.1, 0.15) is 5.56 Å². The Kier molecular flexibility index (Phi) is 2.52. The lowest BCUT2D eigenvalue weighted by molar-refractivity contribution is -0.122. The van der Waals surface area contributed by atoms with Crippen LogP contribution in [0.15, 0.2) is 30.3 Å². The number of hydrogen-bond acceptors (Lipinski definition) is 1. The molecule has 2 saturated heterocycles. The lowest BCUT2D eigenvalue weighted by Crippen LogP contribution is -2.67. The Morgan fingerprint density at radius 2 is 1.47 bits per heavy atom. The molecule has 0 radical (unpaired) electrons. The highest BCUT2D eigenvalue weighted by atomic mass is 19.3. The van der Waals surface area contributed by atoms with Gasteiger partial charge >= 0.3 is 6.03 Å². The van der Waals surface area contributed by atoms with E-state index >= 15 is 0 Å². The molecule has 0 N–H and O–H groups in total. The summed E-state index contributed by atoms with van der Waals surface area (Å²) in [5, 5.41) is 0. The number of urea groups is 1. The summed E-state index contributed by atoms with van der Waals surface area (Å²) < 4.78 is 39.8. The van der Waals surface area contributed by atoms with Gasteiger partial charge in [-0.25, -0.2) is 18.0 Å². The summed E-state index contributed by atoms with van der Waals surface area (Å²) in [4.78, 5) is 14.1. The molecule has 3 rings (SSSR count). The largest absolute Gasteiger partial charge is 0.320 e. The number of alkyl halides is 3. The highest BCUT2D eigenvalue weighted by Gasteiger charge is 2.53. The van der Waals surface area contributed by atoms with E-state index in [1.165, 1.54) is 4.90 Å². The Balaban J connectivity index is 1.60. The summed E-state index contributed by atoms with van der Waals surface area (Å²) in [6.45, 7) is -1.27. The molecule has 0 atom stereocenters. The lowest BCUT2D eigenvalue weighted by Gasteiger charge is -2.49. The fourth-order valence-electron chi connectivity index (χ4n) is 2.46. The summed E-state index contributed by atoms with van der Waals surface area (Å²) in [7, 11) is 0. The number of halogens is 3. The molecule has 0 spiro atoms. The molecule has 2 aliphatic heterocycles. The minimum absolute atomic E-state index is 0.0715.